The normalized spacial score (nSPS) is 18.5. The van der Waals surface area contributed by atoms with Gasteiger partial charge in [0.2, 0.25) is 5.88 Å². The number of anilines is 1. The third-order valence-electron chi connectivity index (χ3n) is 3.84. The van der Waals surface area contributed by atoms with Crippen molar-refractivity contribution < 1.29 is 9.47 Å². The molecule has 2 aromatic rings. The largest absolute Gasteiger partial charge is 0.481 e. The van der Waals surface area contributed by atoms with Crippen molar-refractivity contribution in [3.8, 4) is 5.88 Å². The van der Waals surface area contributed by atoms with E-state index in [2.05, 4.69) is 20.0 Å². The molecular weight excluding hydrogens is 282 g/mol. The molecule has 1 atom stereocenters. The molecule has 7 nitrogen and oxygen atoms in total. The summed E-state index contributed by atoms with van der Waals surface area (Å²) in [6.45, 7) is 6.07. The zero-order valence-electron chi connectivity index (χ0n) is 13.4. The van der Waals surface area contributed by atoms with Gasteiger partial charge < -0.3 is 14.4 Å². The number of aromatic nitrogens is 4. The molecule has 118 valence electrons. The molecule has 22 heavy (non-hydrogen) atoms. The van der Waals surface area contributed by atoms with Gasteiger partial charge in [0.15, 0.2) is 0 Å². The van der Waals surface area contributed by atoms with Crippen molar-refractivity contribution in [3.05, 3.63) is 29.3 Å². The third-order valence-corrected chi connectivity index (χ3v) is 3.84. The zero-order chi connectivity index (χ0) is 15.7. The van der Waals surface area contributed by atoms with Crippen molar-refractivity contribution >= 4 is 5.82 Å². The average molecular weight is 303 g/mol. The van der Waals surface area contributed by atoms with Gasteiger partial charge in [-0.2, -0.15) is 10.1 Å². The fourth-order valence-corrected chi connectivity index (χ4v) is 2.74. The van der Waals surface area contributed by atoms with Gasteiger partial charge >= 0.3 is 0 Å². The Bertz CT molecular complexity index is 670. The number of hydrogen-bond donors (Lipinski definition) is 0. The van der Waals surface area contributed by atoms with E-state index >= 15 is 0 Å². The molecule has 0 saturated carbocycles. The molecule has 1 fully saturated rings. The van der Waals surface area contributed by atoms with Gasteiger partial charge in [0.25, 0.3) is 0 Å². The topological polar surface area (TPSA) is 65.3 Å². The highest BCUT2D eigenvalue weighted by Crippen LogP contribution is 2.29. The van der Waals surface area contributed by atoms with E-state index in [1.165, 1.54) is 0 Å². The summed E-state index contributed by atoms with van der Waals surface area (Å²) in [5.41, 5.74) is 2.04. The predicted molar refractivity (Wildman–Crippen MR) is 82.2 cm³/mol. The van der Waals surface area contributed by atoms with Gasteiger partial charge in [-0.3, -0.25) is 4.68 Å². The number of morpholine rings is 1. The van der Waals surface area contributed by atoms with Crippen LogP contribution in [0.2, 0.25) is 0 Å². The first kappa shape index (κ1) is 14.8. The van der Waals surface area contributed by atoms with Crippen molar-refractivity contribution in [1.29, 1.82) is 0 Å². The molecule has 0 radical (unpaired) electrons. The van der Waals surface area contributed by atoms with Crippen LogP contribution < -0.4 is 9.64 Å². The van der Waals surface area contributed by atoms with Crippen LogP contribution in [-0.2, 0) is 11.8 Å². The summed E-state index contributed by atoms with van der Waals surface area (Å²) in [7, 11) is 3.54. The van der Waals surface area contributed by atoms with E-state index in [1.807, 2.05) is 33.3 Å². The molecule has 0 amide bonds. The number of rotatable bonds is 3. The molecule has 0 unspecified atom stereocenters. The van der Waals surface area contributed by atoms with E-state index in [9.17, 15) is 0 Å². The van der Waals surface area contributed by atoms with E-state index < -0.39 is 0 Å². The average Bonchev–Trinajstić information content (AvgIpc) is 2.96. The first-order chi connectivity index (χ1) is 10.6. The van der Waals surface area contributed by atoms with Crippen molar-refractivity contribution in [1.82, 2.24) is 19.7 Å². The second kappa shape index (κ2) is 5.92. The second-order valence-corrected chi connectivity index (χ2v) is 5.48. The van der Waals surface area contributed by atoms with Gasteiger partial charge in [0.1, 0.15) is 17.7 Å². The Morgan fingerprint density at radius 1 is 1.32 bits per heavy atom. The van der Waals surface area contributed by atoms with Gasteiger partial charge in [-0.25, -0.2) is 4.98 Å². The standard InChI is InChI=1S/C15H21N5O2/c1-10-14(17-11(2)18-15(10)21-4)20-5-6-22-13(9-20)12-7-16-19(3)8-12/h7-8,13H,5-6,9H2,1-4H3/t13-/m0/s1. The summed E-state index contributed by atoms with van der Waals surface area (Å²) in [6, 6.07) is 0. The summed E-state index contributed by atoms with van der Waals surface area (Å²) in [6.07, 6.45) is 3.85. The molecule has 0 bridgehead atoms. The highest BCUT2D eigenvalue weighted by molar-refractivity contribution is 5.51. The Morgan fingerprint density at radius 3 is 2.82 bits per heavy atom. The third kappa shape index (κ3) is 2.76. The molecule has 1 aliphatic heterocycles. The summed E-state index contributed by atoms with van der Waals surface area (Å²) >= 11 is 0. The van der Waals surface area contributed by atoms with Crippen molar-refractivity contribution in [2.24, 2.45) is 7.05 Å². The van der Waals surface area contributed by atoms with Gasteiger partial charge in [-0.05, 0) is 13.8 Å². The van der Waals surface area contributed by atoms with Crippen LogP contribution in [0.3, 0.4) is 0 Å². The van der Waals surface area contributed by atoms with E-state index in [4.69, 9.17) is 9.47 Å². The van der Waals surface area contributed by atoms with Crippen molar-refractivity contribution in [2.45, 2.75) is 20.0 Å². The molecule has 1 aliphatic rings. The monoisotopic (exact) mass is 303 g/mol. The molecule has 0 spiro atoms. The number of aryl methyl sites for hydroxylation is 2. The Balaban J connectivity index is 1.87. The Labute approximate surface area is 129 Å². The minimum atomic E-state index is 0.00289. The molecule has 7 heteroatoms. The molecule has 3 rings (SSSR count). The maximum atomic E-state index is 5.89. The maximum absolute atomic E-state index is 5.89. The van der Waals surface area contributed by atoms with Crippen LogP contribution >= 0.6 is 0 Å². The summed E-state index contributed by atoms with van der Waals surface area (Å²) in [5, 5.41) is 4.22. The summed E-state index contributed by atoms with van der Waals surface area (Å²) in [4.78, 5) is 11.1. The lowest BCUT2D eigenvalue weighted by Gasteiger charge is -2.34. The fourth-order valence-electron chi connectivity index (χ4n) is 2.74. The number of hydrogen-bond acceptors (Lipinski definition) is 6. The van der Waals surface area contributed by atoms with Crippen molar-refractivity contribution in [3.63, 3.8) is 0 Å². The van der Waals surface area contributed by atoms with Gasteiger partial charge in [0, 0.05) is 31.9 Å². The quantitative estimate of drug-likeness (QED) is 0.854. The Morgan fingerprint density at radius 2 is 2.14 bits per heavy atom. The highest BCUT2D eigenvalue weighted by Gasteiger charge is 2.26. The minimum Gasteiger partial charge on any atom is -0.481 e. The van der Waals surface area contributed by atoms with Crippen molar-refractivity contribution in [2.75, 3.05) is 31.7 Å². The Kier molecular flexibility index (Phi) is 3.98. The molecule has 0 N–H and O–H groups in total. The SMILES string of the molecule is COc1nc(C)nc(N2CCO[C@H](c3cnn(C)c3)C2)c1C. The lowest BCUT2D eigenvalue weighted by Crippen LogP contribution is -2.39. The lowest BCUT2D eigenvalue weighted by molar-refractivity contribution is 0.0394. The second-order valence-electron chi connectivity index (χ2n) is 5.48. The summed E-state index contributed by atoms with van der Waals surface area (Å²) in [5.74, 6) is 2.26. The van der Waals surface area contributed by atoms with Gasteiger partial charge in [0.05, 0.1) is 25.5 Å². The van der Waals surface area contributed by atoms with E-state index in [-0.39, 0.29) is 6.10 Å². The molecular formula is C15H21N5O2. The number of methoxy groups -OCH3 is 1. The first-order valence-corrected chi connectivity index (χ1v) is 7.33. The summed E-state index contributed by atoms with van der Waals surface area (Å²) < 4.78 is 13.0. The molecule has 1 saturated heterocycles. The van der Waals surface area contributed by atoms with Crippen LogP contribution in [-0.4, -0.2) is 46.6 Å². The van der Waals surface area contributed by atoms with Crippen LogP contribution in [0.15, 0.2) is 12.4 Å². The van der Waals surface area contributed by atoms with Crippen LogP contribution in [0.25, 0.3) is 0 Å². The first-order valence-electron chi connectivity index (χ1n) is 7.33. The maximum Gasteiger partial charge on any atom is 0.221 e. The predicted octanol–water partition coefficient (Wildman–Crippen LogP) is 1.41. The Hall–Kier alpha value is -2.15. The van der Waals surface area contributed by atoms with E-state index in [0.29, 0.717) is 18.3 Å². The van der Waals surface area contributed by atoms with Gasteiger partial charge in [-0.1, -0.05) is 0 Å². The van der Waals surface area contributed by atoms with Crippen LogP contribution in [0.1, 0.15) is 23.1 Å². The lowest BCUT2D eigenvalue weighted by atomic mass is 10.1. The van der Waals surface area contributed by atoms with Crippen LogP contribution in [0, 0.1) is 13.8 Å². The van der Waals surface area contributed by atoms with E-state index in [1.54, 1.807) is 11.8 Å². The smallest absolute Gasteiger partial charge is 0.221 e. The van der Waals surface area contributed by atoms with Gasteiger partial charge in [-0.15, -0.1) is 0 Å². The van der Waals surface area contributed by atoms with E-state index in [0.717, 1.165) is 30.0 Å². The highest BCUT2D eigenvalue weighted by atomic mass is 16.5. The zero-order valence-corrected chi connectivity index (χ0v) is 13.4. The minimum absolute atomic E-state index is 0.00289. The number of ether oxygens (including phenoxy) is 2. The van der Waals surface area contributed by atoms with Crippen LogP contribution in [0.4, 0.5) is 5.82 Å². The van der Waals surface area contributed by atoms with Crippen LogP contribution in [0.5, 0.6) is 5.88 Å². The molecule has 2 aromatic heterocycles. The number of nitrogens with zero attached hydrogens (tertiary/aromatic N) is 5. The molecule has 3 heterocycles. The molecule has 0 aliphatic carbocycles. The fraction of sp³-hybridized carbons (Fsp3) is 0.533. The molecule has 0 aromatic carbocycles.